The fraction of sp³-hybridized carbons (Fsp3) is 0.385. The molecule has 0 aliphatic heterocycles. The molecule has 4 nitrogen and oxygen atoms in total. The van der Waals surface area contributed by atoms with Crippen LogP contribution in [0.3, 0.4) is 0 Å². The molecule has 0 unspecified atom stereocenters. The number of aromatic nitrogens is 3. The number of rotatable bonds is 5. The molecule has 0 saturated heterocycles. The first-order valence-corrected chi connectivity index (χ1v) is 6.07. The van der Waals surface area contributed by atoms with Crippen molar-refractivity contribution in [2.45, 2.75) is 26.8 Å². The number of aryl methyl sites for hydroxylation is 1. The molecule has 90 valence electrons. The van der Waals surface area contributed by atoms with Gasteiger partial charge in [0, 0.05) is 25.5 Å². The molecule has 2 aromatic heterocycles. The SMILES string of the molecule is CCCn1ccnc1-c1cccc(NCC)n1. The summed E-state index contributed by atoms with van der Waals surface area (Å²) in [7, 11) is 0. The molecule has 0 fully saturated rings. The molecule has 2 aromatic rings. The normalized spacial score (nSPS) is 10.5. The summed E-state index contributed by atoms with van der Waals surface area (Å²) in [6, 6.07) is 5.97. The van der Waals surface area contributed by atoms with Gasteiger partial charge in [-0.25, -0.2) is 9.97 Å². The van der Waals surface area contributed by atoms with Crippen LogP contribution in [-0.2, 0) is 6.54 Å². The zero-order chi connectivity index (χ0) is 12.1. The van der Waals surface area contributed by atoms with E-state index in [-0.39, 0.29) is 0 Å². The summed E-state index contributed by atoms with van der Waals surface area (Å²) in [4.78, 5) is 8.93. The van der Waals surface area contributed by atoms with Crippen LogP contribution in [0, 0.1) is 0 Å². The van der Waals surface area contributed by atoms with Crippen molar-refractivity contribution in [3.8, 4) is 11.5 Å². The molecule has 0 saturated carbocycles. The lowest BCUT2D eigenvalue weighted by Gasteiger charge is -2.07. The second kappa shape index (κ2) is 5.48. The second-order valence-corrected chi connectivity index (χ2v) is 3.88. The maximum absolute atomic E-state index is 4.55. The Morgan fingerprint density at radius 3 is 2.94 bits per heavy atom. The molecule has 0 aliphatic carbocycles. The molecule has 2 heterocycles. The third-order valence-electron chi connectivity index (χ3n) is 2.52. The van der Waals surface area contributed by atoms with Crippen LogP contribution < -0.4 is 5.32 Å². The van der Waals surface area contributed by atoms with Crippen LogP contribution >= 0.6 is 0 Å². The summed E-state index contributed by atoms with van der Waals surface area (Å²) in [6.45, 7) is 6.07. The van der Waals surface area contributed by atoms with Crippen molar-refractivity contribution >= 4 is 5.82 Å². The highest BCUT2D eigenvalue weighted by Crippen LogP contribution is 2.17. The Hall–Kier alpha value is -1.84. The Morgan fingerprint density at radius 1 is 1.29 bits per heavy atom. The van der Waals surface area contributed by atoms with Gasteiger partial charge in [-0.3, -0.25) is 0 Å². The van der Waals surface area contributed by atoms with E-state index in [2.05, 4.69) is 33.7 Å². The fourth-order valence-electron chi connectivity index (χ4n) is 1.80. The summed E-state index contributed by atoms with van der Waals surface area (Å²) in [6.07, 6.45) is 4.92. The van der Waals surface area contributed by atoms with E-state index < -0.39 is 0 Å². The molecular formula is C13H18N4. The smallest absolute Gasteiger partial charge is 0.158 e. The van der Waals surface area contributed by atoms with Gasteiger partial charge in [0.15, 0.2) is 5.82 Å². The van der Waals surface area contributed by atoms with Crippen LogP contribution in [0.15, 0.2) is 30.6 Å². The van der Waals surface area contributed by atoms with Gasteiger partial charge >= 0.3 is 0 Å². The van der Waals surface area contributed by atoms with Crippen molar-refractivity contribution in [1.82, 2.24) is 14.5 Å². The molecule has 0 spiro atoms. The monoisotopic (exact) mass is 230 g/mol. The maximum Gasteiger partial charge on any atom is 0.158 e. The minimum Gasteiger partial charge on any atom is -0.370 e. The lowest BCUT2D eigenvalue weighted by molar-refractivity contribution is 0.684. The quantitative estimate of drug-likeness (QED) is 0.858. The van der Waals surface area contributed by atoms with E-state index in [9.17, 15) is 0 Å². The van der Waals surface area contributed by atoms with Crippen molar-refractivity contribution < 1.29 is 0 Å². The van der Waals surface area contributed by atoms with Gasteiger partial charge in [0.05, 0.1) is 0 Å². The molecule has 0 bridgehead atoms. The molecule has 4 heteroatoms. The van der Waals surface area contributed by atoms with E-state index in [0.29, 0.717) is 0 Å². The summed E-state index contributed by atoms with van der Waals surface area (Å²) in [5.74, 6) is 1.84. The Bertz CT molecular complexity index is 476. The van der Waals surface area contributed by atoms with E-state index in [1.165, 1.54) is 0 Å². The molecule has 1 N–H and O–H groups in total. The fourth-order valence-corrected chi connectivity index (χ4v) is 1.80. The summed E-state index contributed by atoms with van der Waals surface area (Å²) in [5, 5.41) is 3.21. The Morgan fingerprint density at radius 2 is 2.18 bits per heavy atom. The van der Waals surface area contributed by atoms with Crippen molar-refractivity contribution in [2.24, 2.45) is 0 Å². The summed E-state index contributed by atoms with van der Waals surface area (Å²) >= 11 is 0. The van der Waals surface area contributed by atoms with Crippen molar-refractivity contribution in [3.05, 3.63) is 30.6 Å². The zero-order valence-electron chi connectivity index (χ0n) is 10.3. The van der Waals surface area contributed by atoms with Crippen LogP contribution in [0.4, 0.5) is 5.82 Å². The topological polar surface area (TPSA) is 42.7 Å². The maximum atomic E-state index is 4.55. The van der Waals surface area contributed by atoms with Crippen molar-refractivity contribution in [2.75, 3.05) is 11.9 Å². The van der Waals surface area contributed by atoms with Gasteiger partial charge in [0.2, 0.25) is 0 Å². The standard InChI is InChI=1S/C13H18N4/c1-3-9-17-10-8-15-13(17)11-6-5-7-12(16-11)14-4-2/h5-8,10H,3-4,9H2,1-2H3,(H,14,16). The van der Waals surface area contributed by atoms with Gasteiger partial charge in [0.25, 0.3) is 0 Å². The van der Waals surface area contributed by atoms with Crippen LogP contribution in [-0.4, -0.2) is 21.1 Å². The first-order valence-electron chi connectivity index (χ1n) is 6.07. The molecule has 2 rings (SSSR count). The van der Waals surface area contributed by atoms with E-state index in [1.54, 1.807) is 0 Å². The Kier molecular flexibility index (Phi) is 3.75. The first-order chi connectivity index (χ1) is 8.35. The van der Waals surface area contributed by atoms with Crippen LogP contribution in [0.25, 0.3) is 11.5 Å². The second-order valence-electron chi connectivity index (χ2n) is 3.88. The van der Waals surface area contributed by atoms with Crippen LogP contribution in [0.5, 0.6) is 0 Å². The molecule has 0 amide bonds. The number of anilines is 1. The molecule has 0 atom stereocenters. The predicted molar refractivity (Wildman–Crippen MR) is 69.9 cm³/mol. The highest BCUT2D eigenvalue weighted by Gasteiger charge is 2.07. The third kappa shape index (κ3) is 2.64. The van der Waals surface area contributed by atoms with Gasteiger partial charge in [-0.15, -0.1) is 0 Å². The largest absolute Gasteiger partial charge is 0.370 e. The lowest BCUT2D eigenvalue weighted by atomic mass is 10.3. The van der Waals surface area contributed by atoms with E-state index in [0.717, 1.165) is 36.8 Å². The number of hydrogen-bond acceptors (Lipinski definition) is 3. The number of nitrogens with one attached hydrogen (secondary N) is 1. The molecule has 0 radical (unpaired) electrons. The molecule has 17 heavy (non-hydrogen) atoms. The van der Waals surface area contributed by atoms with Crippen molar-refractivity contribution in [3.63, 3.8) is 0 Å². The van der Waals surface area contributed by atoms with E-state index >= 15 is 0 Å². The Labute approximate surface area is 102 Å². The average molecular weight is 230 g/mol. The molecular weight excluding hydrogens is 212 g/mol. The van der Waals surface area contributed by atoms with E-state index in [1.807, 2.05) is 30.6 Å². The van der Waals surface area contributed by atoms with Gasteiger partial charge in [-0.2, -0.15) is 0 Å². The van der Waals surface area contributed by atoms with Gasteiger partial charge in [-0.1, -0.05) is 13.0 Å². The average Bonchev–Trinajstić information content (AvgIpc) is 2.79. The number of pyridine rings is 1. The minimum absolute atomic E-state index is 0.875. The van der Waals surface area contributed by atoms with Gasteiger partial charge in [-0.05, 0) is 25.5 Å². The number of imidazole rings is 1. The lowest BCUT2D eigenvalue weighted by Crippen LogP contribution is -2.03. The zero-order valence-corrected chi connectivity index (χ0v) is 10.3. The summed E-state index contributed by atoms with van der Waals surface area (Å²) in [5.41, 5.74) is 0.918. The molecule has 0 aliphatic rings. The minimum atomic E-state index is 0.875. The van der Waals surface area contributed by atoms with Crippen LogP contribution in [0.1, 0.15) is 20.3 Å². The van der Waals surface area contributed by atoms with E-state index in [4.69, 9.17) is 0 Å². The molecule has 0 aromatic carbocycles. The van der Waals surface area contributed by atoms with Crippen LogP contribution in [0.2, 0.25) is 0 Å². The predicted octanol–water partition coefficient (Wildman–Crippen LogP) is 2.79. The number of nitrogens with zero attached hydrogens (tertiary/aromatic N) is 3. The Balaban J connectivity index is 2.31. The first kappa shape index (κ1) is 11.6. The van der Waals surface area contributed by atoms with Gasteiger partial charge < -0.3 is 9.88 Å². The number of hydrogen-bond donors (Lipinski definition) is 1. The van der Waals surface area contributed by atoms with Crippen molar-refractivity contribution in [1.29, 1.82) is 0 Å². The van der Waals surface area contributed by atoms with Gasteiger partial charge in [0.1, 0.15) is 11.5 Å². The summed E-state index contributed by atoms with van der Waals surface area (Å²) < 4.78 is 2.14. The highest BCUT2D eigenvalue weighted by molar-refractivity contribution is 5.53. The highest BCUT2D eigenvalue weighted by atomic mass is 15.1. The third-order valence-corrected chi connectivity index (χ3v) is 2.52.